The van der Waals surface area contributed by atoms with Crippen molar-refractivity contribution < 1.29 is 9.53 Å². The number of carbonyl (C=O) groups excluding carboxylic acids is 1. The standard InChI is InChI=1S/C22H30N4O2/c1-3-25-16-23-24-21(25)19-14-26(15-22(19)12-4-5-13-22)20(27)11-8-17-6-9-18(28-2)10-7-17/h6-7,9-10,16,19H,3-5,8,11-15H2,1-2H3. The van der Waals surface area contributed by atoms with Gasteiger partial charge in [-0.05, 0) is 49.3 Å². The Morgan fingerprint density at radius 2 is 2.00 bits per heavy atom. The Hall–Kier alpha value is -2.37. The Morgan fingerprint density at radius 1 is 1.25 bits per heavy atom. The van der Waals surface area contributed by atoms with Gasteiger partial charge in [0.25, 0.3) is 0 Å². The van der Waals surface area contributed by atoms with E-state index in [0.717, 1.165) is 37.6 Å². The first-order chi connectivity index (χ1) is 13.6. The van der Waals surface area contributed by atoms with Crippen LogP contribution in [0, 0.1) is 5.41 Å². The lowest BCUT2D eigenvalue weighted by molar-refractivity contribution is -0.130. The van der Waals surface area contributed by atoms with Crippen molar-refractivity contribution in [1.82, 2.24) is 19.7 Å². The normalized spacial score (nSPS) is 20.8. The molecule has 6 heteroatoms. The Bertz CT molecular complexity index is 808. The quantitative estimate of drug-likeness (QED) is 0.768. The molecule has 2 fully saturated rings. The Morgan fingerprint density at radius 3 is 2.68 bits per heavy atom. The van der Waals surface area contributed by atoms with Gasteiger partial charge >= 0.3 is 0 Å². The number of aromatic nitrogens is 3. The van der Waals surface area contributed by atoms with Gasteiger partial charge in [-0.15, -0.1) is 10.2 Å². The van der Waals surface area contributed by atoms with Gasteiger partial charge in [0.2, 0.25) is 5.91 Å². The van der Waals surface area contributed by atoms with Crippen molar-refractivity contribution in [3.63, 3.8) is 0 Å². The highest BCUT2D eigenvalue weighted by molar-refractivity contribution is 5.77. The Balaban J connectivity index is 1.45. The number of rotatable bonds is 6. The molecule has 1 aromatic carbocycles. The van der Waals surface area contributed by atoms with Gasteiger partial charge in [0, 0.05) is 32.0 Å². The van der Waals surface area contributed by atoms with Gasteiger partial charge in [-0.1, -0.05) is 25.0 Å². The molecule has 1 atom stereocenters. The lowest BCUT2D eigenvalue weighted by Gasteiger charge is -2.29. The van der Waals surface area contributed by atoms with Gasteiger partial charge in [-0.2, -0.15) is 0 Å². The van der Waals surface area contributed by atoms with Crippen molar-refractivity contribution in [2.24, 2.45) is 5.41 Å². The zero-order valence-corrected chi connectivity index (χ0v) is 16.9. The fourth-order valence-electron chi connectivity index (χ4n) is 5.08. The van der Waals surface area contributed by atoms with E-state index < -0.39 is 0 Å². The molecular weight excluding hydrogens is 352 g/mol. The van der Waals surface area contributed by atoms with Crippen molar-refractivity contribution in [3.8, 4) is 5.75 Å². The fourth-order valence-corrected chi connectivity index (χ4v) is 5.08. The molecule has 1 aromatic heterocycles. The van der Waals surface area contributed by atoms with Gasteiger partial charge in [-0.25, -0.2) is 0 Å². The third-order valence-corrected chi connectivity index (χ3v) is 6.68. The summed E-state index contributed by atoms with van der Waals surface area (Å²) in [5.74, 6) is 2.48. The maximum absolute atomic E-state index is 13.0. The molecule has 6 nitrogen and oxygen atoms in total. The zero-order valence-electron chi connectivity index (χ0n) is 16.9. The lowest BCUT2D eigenvalue weighted by Crippen LogP contribution is -2.31. The maximum Gasteiger partial charge on any atom is 0.222 e. The molecule has 1 aliphatic heterocycles. The second kappa shape index (κ2) is 7.94. The second-order valence-electron chi connectivity index (χ2n) is 8.22. The van der Waals surface area contributed by atoms with E-state index in [1.165, 1.54) is 31.2 Å². The number of carbonyl (C=O) groups is 1. The summed E-state index contributed by atoms with van der Waals surface area (Å²) in [7, 11) is 1.67. The smallest absolute Gasteiger partial charge is 0.222 e. The van der Waals surface area contributed by atoms with Crippen LogP contribution in [0.15, 0.2) is 30.6 Å². The summed E-state index contributed by atoms with van der Waals surface area (Å²) in [4.78, 5) is 15.1. The third kappa shape index (κ3) is 3.52. The van der Waals surface area contributed by atoms with E-state index in [0.29, 0.717) is 12.3 Å². The molecule has 2 aliphatic rings. The molecule has 0 N–H and O–H groups in total. The third-order valence-electron chi connectivity index (χ3n) is 6.68. The molecule has 2 aromatic rings. The van der Waals surface area contributed by atoms with Crippen LogP contribution in [0.4, 0.5) is 0 Å². The average molecular weight is 383 g/mol. The van der Waals surface area contributed by atoms with Gasteiger partial charge in [0.15, 0.2) is 0 Å². The number of likely N-dealkylation sites (tertiary alicyclic amines) is 1. The molecule has 0 bridgehead atoms. The van der Waals surface area contributed by atoms with E-state index in [4.69, 9.17) is 4.74 Å². The highest BCUT2D eigenvalue weighted by Gasteiger charge is 2.51. The number of benzene rings is 1. The van der Waals surface area contributed by atoms with E-state index in [9.17, 15) is 4.79 Å². The summed E-state index contributed by atoms with van der Waals surface area (Å²) in [5, 5.41) is 8.61. The average Bonchev–Trinajstić information content (AvgIpc) is 3.47. The molecule has 150 valence electrons. The first kappa shape index (κ1) is 19.0. The summed E-state index contributed by atoms with van der Waals surface area (Å²) in [6, 6.07) is 8.00. The highest BCUT2D eigenvalue weighted by atomic mass is 16.5. The molecule has 2 heterocycles. The molecular formula is C22H30N4O2. The van der Waals surface area contributed by atoms with Crippen LogP contribution < -0.4 is 4.74 Å². The van der Waals surface area contributed by atoms with Crippen LogP contribution in [0.5, 0.6) is 5.75 Å². The number of aryl methyl sites for hydroxylation is 2. The van der Waals surface area contributed by atoms with E-state index in [-0.39, 0.29) is 11.3 Å². The first-order valence-corrected chi connectivity index (χ1v) is 10.4. The number of hydrogen-bond acceptors (Lipinski definition) is 4. The topological polar surface area (TPSA) is 60.2 Å². The first-order valence-electron chi connectivity index (χ1n) is 10.4. The van der Waals surface area contributed by atoms with E-state index in [1.54, 1.807) is 7.11 Å². The number of amides is 1. The predicted octanol–water partition coefficient (Wildman–Crippen LogP) is 3.43. The maximum atomic E-state index is 13.0. The van der Waals surface area contributed by atoms with Crippen molar-refractivity contribution in [3.05, 3.63) is 42.0 Å². The molecule has 1 spiro atoms. The second-order valence-corrected chi connectivity index (χ2v) is 8.22. The van der Waals surface area contributed by atoms with Crippen LogP contribution in [-0.4, -0.2) is 45.8 Å². The number of methoxy groups -OCH3 is 1. The molecule has 0 radical (unpaired) electrons. The van der Waals surface area contributed by atoms with Crippen LogP contribution >= 0.6 is 0 Å². The minimum absolute atomic E-state index is 0.190. The van der Waals surface area contributed by atoms with Crippen molar-refractivity contribution in [2.75, 3.05) is 20.2 Å². The minimum Gasteiger partial charge on any atom is -0.497 e. The Kier molecular flexibility index (Phi) is 5.38. The monoisotopic (exact) mass is 382 g/mol. The number of ether oxygens (including phenoxy) is 1. The van der Waals surface area contributed by atoms with Crippen molar-refractivity contribution >= 4 is 5.91 Å². The van der Waals surface area contributed by atoms with Crippen LogP contribution in [0.2, 0.25) is 0 Å². The predicted molar refractivity (Wildman–Crippen MR) is 107 cm³/mol. The van der Waals surface area contributed by atoms with Crippen LogP contribution in [-0.2, 0) is 17.8 Å². The van der Waals surface area contributed by atoms with Crippen LogP contribution in [0.3, 0.4) is 0 Å². The molecule has 4 rings (SSSR count). The Labute approximate surface area is 166 Å². The molecule has 1 saturated carbocycles. The molecule has 1 saturated heterocycles. The van der Waals surface area contributed by atoms with Gasteiger partial charge in [0.05, 0.1) is 7.11 Å². The van der Waals surface area contributed by atoms with Crippen molar-refractivity contribution in [1.29, 1.82) is 0 Å². The summed E-state index contributed by atoms with van der Waals surface area (Å²) in [6.07, 6.45) is 8.03. The summed E-state index contributed by atoms with van der Waals surface area (Å²) in [6.45, 7) is 4.65. The van der Waals surface area contributed by atoms with Gasteiger partial charge in [-0.3, -0.25) is 4.79 Å². The molecule has 1 amide bonds. The molecule has 28 heavy (non-hydrogen) atoms. The van der Waals surface area contributed by atoms with E-state index >= 15 is 0 Å². The summed E-state index contributed by atoms with van der Waals surface area (Å²) >= 11 is 0. The molecule has 1 unspecified atom stereocenters. The lowest BCUT2D eigenvalue weighted by atomic mass is 9.76. The largest absolute Gasteiger partial charge is 0.497 e. The van der Waals surface area contributed by atoms with Crippen molar-refractivity contribution in [2.45, 2.75) is 57.9 Å². The highest BCUT2D eigenvalue weighted by Crippen LogP contribution is 2.53. The zero-order chi connectivity index (χ0) is 19.6. The van der Waals surface area contributed by atoms with Gasteiger partial charge in [0.1, 0.15) is 17.9 Å². The van der Waals surface area contributed by atoms with E-state index in [1.807, 2.05) is 30.6 Å². The summed E-state index contributed by atoms with van der Waals surface area (Å²) < 4.78 is 7.36. The van der Waals surface area contributed by atoms with Crippen LogP contribution in [0.25, 0.3) is 0 Å². The number of hydrogen-bond donors (Lipinski definition) is 0. The minimum atomic E-state index is 0.190. The van der Waals surface area contributed by atoms with E-state index in [2.05, 4.69) is 26.6 Å². The number of nitrogens with zero attached hydrogens (tertiary/aromatic N) is 4. The van der Waals surface area contributed by atoms with Gasteiger partial charge < -0.3 is 14.2 Å². The molecule has 1 aliphatic carbocycles. The van der Waals surface area contributed by atoms with Crippen LogP contribution in [0.1, 0.15) is 56.3 Å². The fraction of sp³-hybridized carbons (Fsp3) is 0.591. The summed E-state index contributed by atoms with van der Waals surface area (Å²) in [5.41, 5.74) is 1.36. The SMILES string of the molecule is CCn1cnnc1C1CN(C(=O)CCc2ccc(OC)cc2)CC12CCCC2.